The van der Waals surface area contributed by atoms with Crippen LogP contribution in [0.3, 0.4) is 0 Å². The topological polar surface area (TPSA) is 57.7 Å². The van der Waals surface area contributed by atoms with E-state index < -0.39 is 10.0 Å². The van der Waals surface area contributed by atoms with E-state index in [1.54, 1.807) is 18.2 Å². The predicted octanol–water partition coefficient (Wildman–Crippen LogP) is 2.21. The van der Waals surface area contributed by atoms with E-state index in [-0.39, 0.29) is 16.8 Å². The molecule has 2 aliphatic rings. The van der Waals surface area contributed by atoms with Crippen molar-refractivity contribution >= 4 is 47.8 Å². The number of carbonyl (C=O) groups excluding carboxylic acids is 1. The average Bonchev–Trinajstić information content (AvgIpc) is 2.79. The van der Waals surface area contributed by atoms with Crippen molar-refractivity contribution in [2.24, 2.45) is 0 Å². The number of amides is 1. The summed E-state index contributed by atoms with van der Waals surface area (Å²) in [5.74, 6) is 0.141. The van der Waals surface area contributed by atoms with Crippen LogP contribution in [0.5, 0.6) is 0 Å². The van der Waals surface area contributed by atoms with Gasteiger partial charge in [0.15, 0.2) is 0 Å². The van der Waals surface area contributed by atoms with Crippen molar-refractivity contribution in [3.05, 3.63) is 27.1 Å². The SMILES string of the molecule is O=C1CCC2CN(S(=O)(=O)c3ccc(Br)cc3Br)CCN12. The van der Waals surface area contributed by atoms with Gasteiger partial charge < -0.3 is 4.90 Å². The minimum atomic E-state index is -3.54. The quantitative estimate of drug-likeness (QED) is 0.712. The van der Waals surface area contributed by atoms with Crippen molar-refractivity contribution in [3.63, 3.8) is 0 Å². The monoisotopic (exact) mass is 436 g/mol. The Morgan fingerprint density at radius 1 is 1.19 bits per heavy atom. The van der Waals surface area contributed by atoms with Crippen LogP contribution in [0.15, 0.2) is 32.0 Å². The molecule has 0 radical (unpaired) electrons. The maximum atomic E-state index is 12.8. The van der Waals surface area contributed by atoms with Gasteiger partial charge >= 0.3 is 0 Å². The Kier molecular flexibility index (Phi) is 4.15. The van der Waals surface area contributed by atoms with Gasteiger partial charge in [-0.15, -0.1) is 0 Å². The summed E-state index contributed by atoms with van der Waals surface area (Å²) in [4.78, 5) is 13.7. The number of fused-ring (bicyclic) bond motifs is 1. The normalized spacial score (nSPS) is 23.4. The predicted molar refractivity (Wildman–Crippen MR) is 85.3 cm³/mol. The highest BCUT2D eigenvalue weighted by Gasteiger charge is 2.39. The molecule has 3 rings (SSSR count). The molecule has 1 aromatic carbocycles. The minimum absolute atomic E-state index is 0.0234. The number of carbonyl (C=O) groups is 1. The summed E-state index contributed by atoms with van der Waals surface area (Å²) in [5.41, 5.74) is 0. The van der Waals surface area contributed by atoms with Crippen molar-refractivity contribution in [2.45, 2.75) is 23.8 Å². The molecule has 0 aromatic heterocycles. The lowest BCUT2D eigenvalue weighted by molar-refractivity contribution is -0.130. The lowest BCUT2D eigenvalue weighted by Crippen LogP contribution is -2.53. The van der Waals surface area contributed by atoms with Gasteiger partial charge in [-0.3, -0.25) is 4.79 Å². The molecular formula is C13H14Br2N2O3S. The number of hydrogen-bond acceptors (Lipinski definition) is 3. The van der Waals surface area contributed by atoms with Gasteiger partial charge in [0.1, 0.15) is 0 Å². The summed E-state index contributed by atoms with van der Waals surface area (Å²) in [6, 6.07) is 5.06. The Morgan fingerprint density at radius 2 is 1.95 bits per heavy atom. The summed E-state index contributed by atoms with van der Waals surface area (Å²) in [6.07, 6.45) is 1.27. The maximum absolute atomic E-state index is 12.8. The van der Waals surface area contributed by atoms with Crippen molar-refractivity contribution in [2.75, 3.05) is 19.6 Å². The van der Waals surface area contributed by atoms with Crippen LogP contribution in [-0.2, 0) is 14.8 Å². The third-order valence-corrected chi connectivity index (χ3v) is 7.30. The summed E-state index contributed by atoms with van der Waals surface area (Å²) >= 11 is 6.64. The molecule has 0 N–H and O–H groups in total. The van der Waals surface area contributed by atoms with Crippen LogP contribution >= 0.6 is 31.9 Å². The first kappa shape index (κ1) is 15.5. The molecule has 0 bridgehead atoms. The fourth-order valence-corrected chi connectivity index (χ4v) is 6.05. The molecule has 114 valence electrons. The largest absolute Gasteiger partial charge is 0.337 e. The van der Waals surface area contributed by atoms with Crippen molar-refractivity contribution in [3.8, 4) is 0 Å². The molecular weight excluding hydrogens is 424 g/mol. The van der Waals surface area contributed by atoms with E-state index in [1.807, 2.05) is 4.90 Å². The molecule has 2 saturated heterocycles. The number of hydrogen-bond donors (Lipinski definition) is 0. The van der Waals surface area contributed by atoms with Crippen molar-refractivity contribution in [1.82, 2.24) is 9.21 Å². The van der Waals surface area contributed by atoms with E-state index in [0.717, 1.165) is 10.9 Å². The zero-order valence-corrected chi connectivity index (χ0v) is 15.1. The average molecular weight is 438 g/mol. The molecule has 0 aliphatic carbocycles. The van der Waals surface area contributed by atoms with Gasteiger partial charge in [-0.05, 0) is 40.5 Å². The van der Waals surface area contributed by atoms with Crippen molar-refractivity contribution < 1.29 is 13.2 Å². The van der Waals surface area contributed by atoms with Gasteiger partial charge in [0.2, 0.25) is 15.9 Å². The maximum Gasteiger partial charge on any atom is 0.244 e. The van der Waals surface area contributed by atoms with Crippen LogP contribution in [-0.4, -0.2) is 49.2 Å². The van der Waals surface area contributed by atoms with Gasteiger partial charge in [0.25, 0.3) is 0 Å². The van der Waals surface area contributed by atoms with E-state index in [4.69, 9.17) is 0 Å². The van der Waals surface area contributed by atoms with Crippen LogP contribution in [0.4, 0.5) is 0 Å². The zero-order chi connectivity index (χ0) is 15.2. The Morgan fingerprint density at radius 3 is 2.67 bits per heavy atom. The molecule has 5 nitrogen and oxygen atoms in total. The first-order valence-corrected chi connectivity index (χ1v) is 9.67. The standard InChI is InChI=1S/C13H14Br2N2O3S/c14-9-1-3-12(11(15)7-9)21(19,20)16-5-6-17-10(8-16)2-4-13(17)18/h1,3,7,10H,2,4-6,8H2. The number of rotatable bonds is 2. The van der Waals surface area contributed by atoms with Crippen LogP contribution in [0, 0.1) is 0 Å². The molecule has 1 aromatic rings. The van der Waals surface area contributed by atoms with Crippen molar-refractivity contribution in [1.29, 1.82) is 0 Å². The summed E-state index contributed by atoms with van der Waals surface area (Å²) < 4.78 is 28.4. The smallest absolute Gasteiger partial charge is 0.244 e. The fourth-order valence-electron chi connectivity index (χ4n) is 2.88. The van der Waals surface area contributed by atoms with Gasteiger partial charge in [0.05, 0.1) is 4.90 Å². The van der Waals surface area contributed by atoms with Gasteiger partial charge in [-0.25, -0.2) is 8.42 Å². The van der Waals surface area contributed by atoms with E-state index in [9.17, 15) is 13.2 Å². The fraction of sp³-hybridized carbons (Fsp3) is 0.462. The molecule has 2 heterocycles. The summed E-state index contributed by atoms with van der Waals surface area (Å²) in [5, 5.41) is 0. The Bertz CT molecular complexity index is 693. The van der Waals surface area contributed by atoms with Gasteiger partial charge in [0, 0.05) is 41.0 Å². The minimum Gasteiger partial charge on any atom is -0.337 e. The molecule has 2 aliphatic heterocycles. The highest BCUT2D eigenvalue weighted by atomic mass is 79.9. The Balaban J connectivity index is 1.87. The van der Waals surface area contributed by atoms with E-state index >= 15 is 0 Å². The summed E-state index contributed by atoms with van der Waals surface area (Å²) in [6.45, 7) is 1.22. The van der Waals surface area contributed by atoms with Crippen LogP contribution in [0.2, 0.25) is 0 Å². The Hall–Kier alpha value is -0.440. The highest BCUT2D eigenvalue weighted by Crippen LogP contribution is 2.31. The number of halogens is 2. The zero-order valence-electron chi connectivity index (χ0n) is 11.1. The molecule has 0 spiro atoms. The molecule has 1 unspecified atom stereocenters. The molecule has 8 heteroatoms. The number of sulfonamides is 1. The van der Waals surface area contributed by atoms with E-state index in [0.29, 0.717) is 30.5 Å². The third kappa shape index (κ3) is 2.78. The molecule has 2 fully saturated rings. The second-order valence-electron chi connectivity index (χ2n) is 5.22. The van der Waals surface area contributed by atoms with Gasteiger partial charge in [-0.2, -0.15) is 4.31 Å². The third-order valence-electron chi connectivity index (χ3n) is 3.97. The summed E-state index contributed by atoms with van der Waals surface area (Å²) in [7, 11) is -3.54. The van der Waals surface area contributed by atoms with Gasteiger partial charge in [-0.1, -0.05) is 15.9 Å². The van der Waals surface area contributed by atoms with Crippen LogP contribution < -0.4 is 0 Å². The van der Waals surface area contributed by atoms with Crippen LogP contribution in [0.1, 0.15) is 12.8 Å². The number of nitrogens with zero attached hydrogens (tertiary/aromatic N) is 2. The second-order valence-corrected chi connectivity index (χ2v) is 8.89. The molecule has 21 heavy (non-hydrogen) atoms. The molecule has 1 atom stereocenters. The van der Waals surface area contributed by atoms with E-state index in [2.05, 4.69) is 31.9 Å². The number of benzene rings is 1. The van der Waals surface area contributed by atoms with Crippen LogP contribution in [0.25, 0.3) is 0 Å². The lowest BCUT2D eigenvalue weighted by Gasteiger charge is -2.36. The second kappa shape index (κ2) is 5.64. The lowest BCUT2D eigenvalue weighted by atomic mass is 10.2. The molecule has 0 saturated carbocycles. The highest BCUT2D eigenvalue weighted by molar-refractivity contribution is 9.11. The Labute approximate surface area is 140 Å². The first-order valence-electron chi connectivity index (χ1n) is 6.64. The van der Waals surface area contributed by atoms with E-state index in [1.165, 1.54) is 4.31 Å². The first-order chi connectivity index (χ1) is 9.89. The molecule has 1 amide bonds. The number of piperazine rings is 1.